The van der Waals surface area contributed by atoms with Crippen LogP contribution in [0.5, 0.6) is 0 Å². The van der Waals surface area contributed by atoms with Crippen LogP contribution in [-0.4, -0.2) is 38.7 Å². The number of hydrogen-bond acceptors (Lipinski definition) is 3. The number of likely N-dealkylation sites (tertiary alicyclic amines) is 1. The molecule has 2 unspecified atom stereocenters. The first kappa shape index (κ1) is 17.5. The fourth-order valence-corrected chi connectivity index (χ4v) is 3.29. The molecule has 2 atom stereocenters. The predicted molar refractivity (Wildman–Crippen MR) is 91.7 cm³/mol. The lowest BCUT2D eigenvalue weighted by Gasteiger charge is -2.38. The molecule has 0 saturated carbocycles. The number of amides is 2. The van der Waals surface area contributed by atoms with Crippen LogP contribution in [0.4, 0.5) is 4.79 Å². The number of rotatable bonds is 4. The highest BCUT2D eigenvalue weighted by molar-refractivity contribution is 7.93. The molecule has 0 aliphatic carbocycles. The summed E-state index contributed by atoms with van der Waals surface area (Å²) in [5.74, 6) is 0.578. The number of urea groups is 1. The SMILES string of the molecule is CC1CCN(C(=O)NC/C=C/S(C)(=O)=O)C(c2ccccc2)C1. The lowest BCUT2D eigenvalue weighted by molar-refractivity contribution is 0.132. The molecule has 1 saturated heterocycles. The van der Waals surface area contributed by atoms with Gasteiger partial charge < -0.3 is 10.2 Å². The number of carbonyl (C=O) groups is 1. The summed E-state index contributed by atoms with van der Waals surface area (Å²) in [4.78, 5) is 14.3. The average Bonchev–Trinajstić information content (AvgIpc) is 2.51. The molecule has 6 heteroatoms. The molecule has 0 spiro atoms. The Bertz CT molecular complexity index is 656. The van der Waals surface area contributed by atoms with Crippen LogP contribution in [-0.2, 0) is 9.84 Å². The third kappa shape index (κ3) is 5.39. The Morgan fingerprint density at radius 2 is 2.04 bits per heavy atom. The summed E-state index contributed by atoms with van der Waals surface area (Å²) in [5.41, 5.74) is 1.14. The second-order valence-electron chi connectivity index (χ2n) is 6.14. The van der Waals surface area contributed by atoms with Crippen LogP contribution in [0, 0.1) is 5.92 Å². The quantitative estimate of drug-likeness (QED) is 0.919. The van der Waals surface area contributed by atoms with Gasteiger partial charge in [0.05, 0.1) is 6.04 Å². The van der Waals surface area contributed by atoms with Crippen molar-refractivity contribution in [3.63, 3.8) is 0 Å². The second-order valence-corrected chi connectivity index (χ2v) is 8.07. The van der Waals surface area contributed by atoms with E-state index in [0.29, 0.717) is 12.5 Å². The van der Waals surface area contributed by atoms with Crippen molar-refractivity contribution >= 4 is 15.9 Å². The molecule has 0 radical (unpaired) electrons. The van der Waals surface area contributed by atoms with Gasteiger partial charge in [0.25, 0.3) is 0 Å². The summed E-state index contributed by atoms with van der Waals surface area (Å²) >= 11 is 0. The number of piperidine rings is 1. The molecule has 0 aromatic heterocycles. The lowest BCUT2D eigenvalue weighted by atomic mass is 9.88. The fraction of sp³-hybridized carbons (Fsp3) is 0.471. The number of carbonyl (C=O) groups excluding carboxylic acids is 1. The zero-order valence-corrected chi connectivity index (χ0v) is 14.4. The number of nitrogens with zero attached hydrogens (tertiary/aromatic N) is 1. The van der Waals surface area contributed by atoms with Crippen LogP contribution in [0.2, 0.25) is 0 Å². The molecule has 1 aliphatic rings. The summed E-state index contributed by atoms with van der Waals surface area (Å²) in [6.45, 7) is 3.13. The molecule has 0 bridgehead atoms. The second kappa shape index (κ2) is 7.64. The van der Waals surface area contributed by atoms with Gasteiger partial charge in [-0.25, -0.2) is 13.2 Å². The van der Waals surface area contributed by atoms with E-state index in [0.717, 1.165) is 30.1 Å². The van der Waals surface area contributed by atoms with Crippen molar-refractivity contribution in [2.24, 2.45) is 5.92 Å². The van der Waals surface area contributed by atoms with Crippen LogP contribution >= 0.6 is 0 Å². The largest absolute Gasteiger partial charge is 0.334 e. The Morgan fingerprint density at radius 1 is 1.35 bits per heavy atom. The minimum Gasteiger partial charge on any atom is -0.334 e. The third-order valence-electron chi connectivity index (χ3n) is 4.02. The zero-order chi connectivity index (χ0) is 16.9. The highest BCUT2D eigenvalue weighted by Crippen LogP contribution is 2.33. The molecular formula is C17H24N2O3S. The normalized spacial score (nSPS) is 22.3. The van der Waals surface area contributed by atoms with Gasteiger partial charge in [-0.1, -0.05) is 43.3 Å². The molecule has 1 aliphatic heterocycles. The van der Waals surface area contributed by atoms with E-state index >= 15 is 0 Å². The van der Waals surface area contributed by atoms with Crippen LogP contribution in [0.3, 0.4) is 0 Å². The summed E-state index contributed by atoms with van der Waals surface area (Å²) in [6, 6.07) is 9.96. The van der Waals surface area contributed by atoms with Gasteiger partial charge in [0, 0.05) is 24.8 Å². The van der Waals surface area contributed by atoms with Crippen LogP contribution in [0.1, 0.15) is 31.4 Å². The molecule has 1 aromatic rings. The van der Waals surface area contributed by atoms with Crippen molar-refractivity contribution in [3.8, 4) is 0 Å². The summed E-state index contributed by atoms with van der Waals surface area (Å²) in [7, 11) is -3.15. The van der Waals surface area contributed by atoms with Gasteiger partial charge in [-0.05, 0) is 24.3 Å². The molecule has 1 heterocycles. The molecule has 2 rings (SSSR count). The van der Waals surface area contributed by atoms with Gasteiger partial charge in [0.1, 0.15) is 0 Å². The maximum atomic E-state index is 12.4. The van der Waals surface area contributed by atoms with Gasteiger partial charge in [0.15, 0.2) is 9.84 Å². The van der Waals surface area contributed by atoms with E-state index in [4.69, 9.17) is 0 Å². The summed E-state index contributed by atoms with van der Waals surface area (Å²) < 4.78 is 22.1. The highest BCUT2D eigenvalue weighted by atomic mass is 32.2. The Morgan fingerprint density at radius 3 is 2.70 bits per heavy atom. The van der Waals surface area contributed by atoms with E-state index in [1.807, 2.05) is 35.2 Å². The molecule has 1 N–H and O–H groups in total. The Balaban J connectivity index is 2.03. The van der Waals surface area contributed by atoms with Crippen LogP contribution in [0.15, 0.2) is 41.8 Å². The van der Waals surface area contributed by atoms with Crippen LogP contribution < -0.4 is 5.32 Å². The number of sulfone groups is 1. The fourth-order valence-electron chi connectivity index (χ4n) is 2.85. The molecule has 1 aromatic carbocycles. The van der Waals surface area contributed by atoms with Crippen molar-refractivity contribution in [3.05, 3.63) is 47.4 Å². The smallest absolute Gasteiger partial charge is 0.318 e. The molecule has 5 nitrogen and oxygen atoms in total. The van der Waals surface area contributed by atoms with E-state index in [2.05, 4.69) is 12.2 Å². The standard InChI is InChI=1S/C17H24N2O3S/c1-14-9-11-19(16(13-14)15-7-4-3-5-8-15)17(20)18-10-6-12-23(2,21)22/h3-8,12,14,16H,9-11,13H2,1-2H3,(H,18,20)/b12-6+. The first-order valence-electron chi connectivity index (χ1n) is 7.83. The Labute approximate surface area is 138 Å². The average molecular weight is 336 g/mol. The Kier molecular flexibility index (Phi) is 5.82. The van der Waals surface area contributed by atoms with Crippen molar-refractivity contribution in [2.75, 3.05) is 19.3 Å². The van der Waals surface area contributed by atoms with E-state index < -0.39 is 9.84 Å². The lowest BCUT2D eigenvalue weighted by Crippen LogP contribution is -2.46. The molecular weight excluding hydrogens is 312 g/mol. The Hall–Kier alpha value is -1.82. The minimum atomic E-state index is -3.15. The summed E-state index contributed by atoms with van der Waals surface area (Å²) in [6.07, 6.45) is 4.51. The maximum Gasteiger partial charge on any atom is 0.318 e. The first-order chi connectivity index (χ1) is 10.9. The van der Waals surface area contributed by atoms with Crippen molar-refractivity contribution in [1.29, 1.82) is 0 Å². The van der Waals surface area contributed by atoms with E-state index in [1.54, 1.807) is 0 Å². The molecule has 2 amide bonds. The van der Waals surface area contributed by atoms with Gasteiger partial charge >= 0.3 is 6.03 Å². The van der Waals surface area contributed by atoms with Crippen molar-refractivity contribution in [2.45, 2.75) is 25.8 Å². The van der Waals surface area contributed by atoms with E-state index in [9.17, 15) is 13.2 Å². The van der Waals surface area contributed by atoms with E-state index in [-0.39, 0.29) is 18.6 Å². The molecule has 23 heavy (non-hydrogen) atoms. The minimum absolute atomic E-state index is 0.0684. The van der Waals surface area contributed by atoms with Crippen LogP contribution in [0.25, 0.3) is 0 Å². The molecule has 126 valence electrons. The predicted octanol–water partition coefficient (Wildman–Crippen LogP) is 2.73. The highest BCUT2D eigenvalue weighted by Gasteiger charge is 2.30. The zero-order valence-electron chi connectivity index (χ0n) is 13.6. The summed E-state index contributed by atoms with van der Waals surface area (Å²) in [5, 5.41) is 3.89. The number of hydrogen-bond donors (Lipinski definition) is 1. The van der Waals surface area contributed by atoms with Gasteiger partial charge in [-0.3, -0.25) is 0 Å². The van der Waals surface area contributed by atoms with Gasteiger partial charge in [0.2, 0.25) is 0 Å². The van der Waals surface area contributed by atoms with Gasteiger partial charge in [-0.15, -0.1) is 0 Å². The number of benzene rings is 1. The third-order valence-corrected chi connectivity index (χ3v) is 4.71. The van der Waals surface area contributed by atoms with Crippen molar-refractivity contribution < 1.29 is 13.2 Å². The van der Waals surface area contributed by atoms with Gasteiger partial charge in [-0.2, -0.15) is 0 Å². The monoisotopic (exact) mass is 336 g/mol. The maximum absolute atomic E-state index is 12.4. The molecule has 1 fully saturated rings. The first-order valence-corrected chi connectivity index (χ1v) is 9.78. The van der Waals surface area contributed by atoms with E-state index in [1.165, 1.54) is 6.08 Å². The number of nitrogens with one attached hydrogen (secondary N) is 1. The van der Waals surface area contributed by atoms with Crippen molar-refractivity contribution in [1.82, 2.24) is 10.2 Å². The topological polar surface area (TPSA) is 66.5 Å².